The number of nitrogens with two attached hydrogens (primary N) is 1. The Kier molecular flexibility index (Phi) is 3.33. The van der Waals surface area contributed by atoms with Gasteiger partial charge in [-0.3, -0.25) is 4.99 Å². The first kappa shape index (κ1) is 11.9. The van der Waals surface area contributed by atoms with E-state index in [1.54, 1.807) is 7.11 Å². The van der Waals surface area contributed by atoms with Gasteiger partial charge in [-0.2, -0.15) is 0 Å². The van der Waals surface area contributed by atoms with E-state index in [0.29, 0.717) is 0 Å². The lowest BCUT2D eigenvalue weighted by Gasteiger charge is -2.18. The third-order valence-electron chi connectivity index (χ3n) is 3.33. The van der Waals surface area contributed by atoms with Crippen LogP contribution in [0.1, 0.15) is 22.7 Å². The van der Waals surface area contributed by atoms with E-state index in [0.717, 1.165) is 35.8 Å². The van der Waals surface area contributed by atoms with Gasteiger partial charge in [0.15, 0.2) is 0 Å². The zero-order chi connectivity index (χ0) is 12.4. The summed E-state index contributed by atoms with van der Waals surface area (Å²) in [7, 11) is 1.68. The van der Waals surface area contributed by atoms with Crippen molar-refractivity contribution in [1.29, 1.82) is 0 Å². The van der Waals surface area contributed by atoms with Gasteiger partial charge in [0, 0.05) is 6.54 Å². The zero-order valence-corrected chi connectivity index (χ0v) is 10.6. The maximum atomic E-state index is 6.23. The molecule has 1 atom stereocenters. The molecule has 0 bridgehead atoms. The maximum absolute atomic E-state index is 6.23. The average molecular weight is 233 g/mol. The summed E-state index contributed by atoms with van der Waals surface area (Å²) in [5.41, 5.74) is 9.65. The van der Waals surface area contributed by atoms with E-state index in [1.165, 1.54) is 5.56 Å². The Morgan fingerprint density at radius 1 is 1.35 bits per heavy atom. The molecule has 1 aromatic carbocycles. The van der Waals surface area contributed by atoms with Gasteiger partial charge in [-0.15, -0.1) is 0 Å². The minimum Gasteiger partial charge on any atom is -0.496 e. The second kappa shape index (κ2) is 4.75. The second-order valence-electron chi connectivity index (χ2n) is 4.28. The molecule has 0 fully saturated rings. The Morgan fingerprint density at radius 2 is 2.12 bits per heavy atom. The van der Waals surface area contributed by atoms with Crippen LogP contribution in [-0.4, -0.2) is 26.0 Å². The minimum absolute atomic E-state index is 0.165. The number of hydrogen-bond acceptors (Lipinski definition) is 4. The normalized spacial score (nSPS) is 16.4. The number of nitrogens with zero attached hydrogens (tertiary/aromatic N) is 1. The third-order valence-corrected chi connectivity index (χ3v) is 3.33. The summed E-state index contributed by atoms with van der Waals surface area (Å²) >= 11 is 0. The van der Waals surface area contributed by atoms with E-state index in [4.69, 9.17) is 10.5 Å². The number of ether oxygens (including phenoxy) is 1. The molecule has 17 heavy (non-hydrogen) atoms. The minimum atomic E-state index is -0.165. The number of amidine groups is 1. The van der Waals surface area contributed by atoms with E-state index in [9.17, 15) is 0 Å². The predicted molar refractivity (Wildman–Crippen MR) is 69.7 cm³/mol. The average Bonchev–Trinajstić information content (AvgIpc) is 2.85. The molecule has 1 aliphatic rings. The first-order valence-electron chi connectivity index (χ1n) is 5.83. The highest BCUT2D eigenvalue weighted by Gasteiger charge is 2.19. The van der Waals surface area contributed by atoms with Crippen LogP contribution in [-0.2, 0) is 0 Å². The van der Waals surface area contributed by atoms with E-state index in [2.05, 4.69) is 17.2 Å². The molecule has 1 heterocycles. The fourth-order valence-corrected chi connectivity index (χ4v) is 2.15. The molecular formula is C13H19N3O. The fraction of sp³-hybridized carbons (Fsp3) is 0.462. The monoisotopic (exact) mass is 233 g/mol. The number of benzene rings is 1. The first-order valence-corrected chi connectivity index (χ1v) is 5.83. The molecule has 4 heteroatoms. The Labute approximate surface area is 102 Å². The lowest BCUT2D eigenvalue weighted by atomic mass is 9.96. The van der Waals surface area contributed by atoms with Crippen LogP contribution < -0.4 is 15.8 Å². The first-order chi connectivity index (χ1) is 8.15. The van der Waals surface area contributed by atoms with Crippen molar-refractivity contribution in [3.05, 3.63) is 28.8 Å². The lowest BCUT2D eigenvalue weighted by Crippen LogP contribution is -2.31. The van der Waals surface area contributed by atoms with E-state index in [-0.39, 0.29) is 6.04 Å². The van der Waals surface area contributed by atoms with Crippen molar-refractivity contribution in [3.8, 4) is 5.75 Å². The van der Waals surface area contributed by atoms with Gasteiger partial charge < -0.3 is 15.8 Å². The lowest BCUT2D eigenvalue weighted by molar-refractivity contribution is 0.411. The molecule has 4 nitrogen and oxygen atoms in total. The number of rotatable bonds is 3. The summed E-state index contributed by atoms with van der Waals surface area (Å²) in [5, 5.41) is 3.22. The molecule has 0 radical (unpaired) electrons. The van der Waals surface area contributed by atoms with Gasteiger partial charge in [0.05, 0.1) is 19.7 Å². The largest absolute Gasteiger partial charge is 0.496 e. The van der Waals surface area contributed by atoms with Gasteiger partial charge in [0.1, 0.15) is 11.6 Å². The van der Waals surface area contributed by atoms with Crippen LogP contribution in [0.2, 0.25) is 0 Å². The van der Waals surface area contributed by atoms with Gasteiger partial charge in [0.2, 0.25) is 0 Å². The topological polar surface area (TPSA) is 59.6 Å². The fourth-order valence-electron chi connectivity index (χ4n) is 2.15. The van der Waals surface area contributed by atoms with Crippen LogP contribution in [0.25, 0.3) is 0 Å². The Hall–Kier alpha value is -1.55. The van der Waals surface area contributed by atoms with Crippen molar-refractivity contribution >= 4 is 5.84 Å². The summed E-state index contributed by atoms with van der Waals surface area (Å²) in [4.78, 5) is 4.37. The van der Waals surface area contributed by atoms with Crippen molar-refractivity contribution in [1.82, 2.24) is 5.32 Å². The number of aliphatic imine (C=N–C) groups is 1. The van der Waals surface area contributed by atoms with Gasteiger partial charge in [-0.05, 0) is 36.6 Å². The zero-order valence-electron chi connectivity index (χ0n) is 10.6. The summed E-state index contributed by atoms with van der Waals surface area (Å²) in [6, 6.07) is 3.82. The molecule has 0 amide bonds. The van der Waals surface area contributed by atoms with E-state index < -0.39 is 0 Å². The van der Waals surface area contributed by atoms with Crippen LogP contribution in [0, 0.1) is 13.8 Å². The van der Waals surface area contributed by atoms with Crippen molar-refractivity contribution in [2.45, 2.75) is 19.9 Å². The van der Waals surface area contributed by atoms with Crippen LogP contribution in [0.4, 0.5) is 0 Å². The quantitative estimate of drug-likeness (QED) is 0.827. The molecule has 0 saturated carbocycles. The van der Waals surface area contributed by atoms with Crippen molar-refractivity contribution in [2.24, 2.45) is 10.7 Å². The van der Waals surface area contributed by atoms with Crippen LogP contribution in [0.15, 0.2) is 17.1 Å². The molecule has 0 saturated heterocycles. The van der Waals surface area contributed by atoms with Gasteiger partial charge in [0.25, 0.3) is 0 Å². The van der Waals surface area contributed by atoms with E-state index >= 15 is 0 Å². The molecule has 2 rings (SSSR count). The molecule has 0 spiro atoms. The molecule has 1 aliphatic heterocycles. The number of hydrogen-bond donors (Lipinski definition) is 2. The number of nitrogens with one attached hydrogen (secondary N) is 1. The van der Waals surface area contributed by atoms with Crippen molar-refractivity contribution < 1.29 is 4.74 Å². The van der Waals surface area contributed by atoms with Gasteiger partial charge in [-0.25, -0.2) is 0 Å². The molecular weight excluding hydrogens is 214 g/mol. The van der Waals surface area contributed by atoms with Crippen LogP contribution in [0.5, 0.6) is 5.75 Å². The summed E-state index contributed by atoms with van der Waals surface area (Å²) in [5.74, 6) is 1.79. The molecule has 3 N–H and O–H groups in total. The summed E-state index contributed by atoms with van der Waals surface area (Å²) in [6.45, 7) is 5.82. The third kappa shape index (κ3) is 2.13. The van der Waals surface area contributed by atoms with E-state index in [1.807, 2.05) is 19.1 Å². The van der Waals surface area contributed by atoms with Crippen molar-refractivity contribution in [2.75, 3.05) is 20.2 Å². The highest BCUT2D eigenvalue weighted by Crippen LogP contribution is 2.27. The summed E-state index contributed by atoms with van der Waals surface area (Å²) in [6.07, 6.45) is 0. The van der Waals surface area contributed by atoms with Crippen LogP contribution in [0.3, 0.4) is 0 Å². The smallest absolute Gasteiger partial charge is 0.122 e. The van der Waals surface area contributed by atoms with Crippen molar-refractivity contribution in [3.63, 3.8) is 0 Å². The Bertz CT molecular complexity index is 454. The highest BCUT2D eigenvalue weighted by atomic mass is 16.5. The maximum Gasteiger partial charge on any atom is 0.122 e. The van der Waals surface area contributed by atoms with Gasteiger partial charge >= 0.3 is 0 Å². The SMILES string of the molecule is COc1ccc(C(N)C2=NCCN2)c(C)c1C. The molecule has 0 aromatic heterocycles. The molecule has 0 aliphatic carbocycles. The molecule has 1 unspecified atom stereocenters. The molecule has 92 valence electrons. The predicted octanol–water partition coefficient (Wildman–Crippen LogP) is 1.31. The van der Waals surface area contributed by atoms with Gasteiger partial charge in [-0.1, -0.05) is 6.07 Å². The standard InChI is InChI=1S/C13H19N3O/c1-8-9(2)11(17-3)5-4-10(8)12(14)13-15-6-7-16-13/h4-5,12H,6-7,14H2,1-3H3,(H,15,16). The highest BCUT2D eigenvalue weighted by molar-refractivity contribution is 5.90. The molecule has 1 aromatic rings. The second-order valence-corrected chi connectivity index (χ2v) is 4.28. The van der Waals surface area contributed by atoms with Crippen LogP contribution >= 0.6 is 0 Å². The number of methoxy groups -OCH3 is 1. The summed E-state index contributed by atoms with van der Waals surface area (Å²) < 4.78 is 5.30. The Morgan fingerprint density at radius 3 is 2.71 bits per heavy atom. The Balaban J connectivity index is 2.36.